The average Bonchev–Trinajstić information content (AvgIpc) is 3.01. The van der Waals surface area contributed by atoms with Crippen molar-refractivity contribution in [3.05, 3.63) is 35.9 Å². The number of aliphatic hydroxyl groups is 1. The first-order chi connectivity index (χ1) is 10.1. The van der Waals surface area contributed by atoms with E-state index < -0.39 is 5.97 Å². The van der Waals surface area contributed by atoms with Crippen molar-refractivity contribution in [1.82, 2.24) is 4.90 Å². The van der Waals surface area contributed by atoms with Crippen molar-refractivity contribution < 1.29 is 15.0 Å². The van der Waals surface area contributed by atoms with Gasteiger partial charge in [0.1, 0.15) is 0 Å². The minimum Gasteiger partial charge on any atom is -0.481 e. The number of nitrogens with zero attached hydrogens (tertiary/aromatic N) is 1. The summed E-state index contributed by atoms with van der Waals surface area (Å²) in [5.74, 6) is -0.737. The highest BCUT2D eigenvalue weighted by molar-refractivity contribution is 5.66. The van der Waals surface area contributed by atoms with Crippen LogP contribution in [-0.2, 0) is 11.2 Å². The molecule has 2 fully saturated rings. The third-order valence-corrected chi connectivity index (χ3v) is 5.29. The molecule has 3 atom stereocenters. The lowest BCUT2D eigenvalue weighted by atomic mass is 9.70. The Labute approximate surface area is 125 Å². The van der Waals surface area contributed by atoms with Crippen molar-refractivity contribution >= 4 is 5.97 Å². The van der Waals surface area contributed by atoms with Gasteiger partial charge in [0.2, 0.25) is 0 Å². The summed E-state index contributed by atoms with van der Waals surface area (Å²) in [7, 11) is 0. The SMILES string of the molecule is O=C(O)CCN1[C@@H]2CC[C@H]1[C@](CO)(Cc1ccccc1)C2. The molecule has 114 valence electrons. The van der Waals surface area contributed by atoms with Crippen LogP contribution in [0.2, 0.25) is 0 Å². The van der Waals surface area contributed by atoms with E-state index in [0.717, 1.165) is 25.7 Å². The van der Waals surface area contributed by atoms with Crippen LogP contribution < -0.4 is 0 Å². The van der Waals surface area contributed by atoms with Crippen LogP contribution in [0.1, 0.15) is 31.2 Å². The molecule has 0 aliphatic carbocycles. The lowest BCUT2D eigenvalue weighted by molar-refractivity contribution is -0.137. The molecule has 2 N–H and O–H groups in total. The first-order valence-electron chi connectivity index (χ1n) is 7.77. The maximum Gasteiger partial charge on any atom is 0.304 e. The van der Waals surface area contributed by atoms with Crippen LogP contribution in [0.25, 0.3) is 0 Å². The zero-order valence-electron chi connectivity index (χ0n) is 12.2. The second-order valence-electron chi connectivity index (χ2n) is 6.52. The van der Waals surface area contributed by atoms with Crippen LogP contribution in [-0.4, -0.2) is 46.3 Å². The second-order valence-corrected chi connectivity index (χ2v) is 6.52. The van der Waals surface area contributed by atoms with E-state index in [-0.39, 0.29) is 18.4 Å². The van der Waals surface area contributed by atoms with Gasteiger partial charge < -0.3 is 10.2 Å². The number of carboxylic acids is 1. The van der Waals surface area contributed by atoms with Gasteiger partial charge >= 0.3 is 5.97 Å². The first-order valence-corrected chi connectivity index (χ1v) is 7.77. The van der Waals surface area contributed by atoms with Crippen LogP contribution in [0.4, 0.5) is 0 Å². The zero-order chi connectivity index (χ0) is 14.9. The van der Waals surface area contributed by atoms with Crippen molar-refractivity contribution in [2.75, 3.05) is 13.2 Å². The standard InChI is InChI=1S/C17H23NO3/c19-12-17(10-13-4-2-1-3-5-13)11-14-6-7-15(17)18(14)9-8-16(20)21/h1-5,14-15,19H,6-12H2,(H,20,21)/t14-,15+,17-/m1/s1. The summed E-state index contributed by atoms with van der Waals surface area (Å²) in [6, 6.07) is 11.1. The molecular formula is C17H23NO3. The van der Waals surface area contributed by atoms with Gasteiger partial charge in [-0.2, -0.15) is 0 Å². The molecule has 2 saturated heterocycles. The Hall–Kier alpha value is -1.39. The molecule has 1 aromatic carbocycles. The topological polar surface area (TPSA) is 60.8 Å². The molecule has 0 saturated carbocycles. The normalized spacial score (nSPS) is 31.7. The third kappa shape index (κ3) is 2.70. The Bertz CT molecular complexity index is 504. The van der Waals surface area contributed by atoms with Gasteiger partial charge in [0, 0.05) is 24.0 Å². The van der Waals surface area contributed by atoms with Crippen molar-refractivity contribution in [3.63, 3.8) is 0 Å². The molecule has 0 unspecified atom stereocenters. The predicted octanol–water partition coefficient (Wildman–Crippen LogP) is 1.92. The fourth-order valence-corrected chi connectivity index (χ4v) is 4.40. The van der Waals surface area contributed by atoms with E-state index >= 15 is 0 Å². The Morgan fingerprint density at radius 1 is 1.29 bits per heavy atom. The average molecular weight is 289 g/mol. The Kier molecular flexibility index (Phi) is 4.00. The van der Waals surface area contributed by atoms with Gasteiger partial charge in [-0.1, -0.05) is 30.3 Å². The molecule has 0 spiro atoms. The van der Waals surface area contributed by atoms with E-state index in [1.807, 2.05) is 18.2 Å². The number of aliphatic hydroxyl groups excluding tert-OH is 1. The summed E-state index contributed by atoms with van der Waals surface area (Å²) in [5, 5.41) is 19.0. The maximum atomic E-state index is 10.8. The highest BCUT2D eigenvalue weighted by Gasteiger charge is 2.55. The van der Waals surface area contributed by atoms with Gasteiger partial charge in [-0.15, -0.1) is 0 Å². The number of carboxylic acid groups (broad SMARTS) is 1. The van der Waals surface area contributed by atoms with E-state index in [1.54, 1.807) is 0 Å². The number of aliphatic carboxylic acids is 1. The van der Waals surface area contributed by atoms with E-state index in [2.05, 4.69) is 17.0 Å². The Morgan fingerprint density at radius 2 is 2.05 bits per heavy atom. The monoisotopic (exact) mass is 289 g/mol. The Morgan fingerprint density at radius 3 is 2.71 bits per heavy atom. The smallest absolute Gasteiger partial charge is 0.304 e. The first kappa shape index (κ1) is 14.5. The molecule has 2 aliphatic rings. The molecule has 0 amide bonds. The minimum atomic E-state index is -0.737. The molecule has 2 bridgehead atoms. The molecule has 3 rings (SSSR count). The van der Waals surface area contributed by atoms with E-state index in [4.69, 9.17) is 5.11 Å². The van der Waals surface area contributed by atoms with E-state index in [0.29, 0.717) is 18.6 Å². The fraction of sp³-hybridized carbons (Fsp3) is 0.588. The number of rotatable bonds is 6. The Balaban J connectivity index is 1.76. The maximum absolute atomic E-state index is 10.8. The van der Waals surface area contributed by atoms with Crippen molar-refractivity contribution in [2.45, 2.75) is 44.2 Å². The van der Waals surface area contributed by atoms with Crippen LogP contribution in [0.5, 0.6) is 0 Å². The van der Waals surface area contributed by atoms with Crippen LogP contribution >= 0.6 is 0 Å². The number of fused-ring (bicyclic) bond motifs is 2. The predicted molar refractivity (Wildman–Crippen MR) is 80.1 cm³/mol. The van der Waals surface area contributed by atoms with Crippen molar-refractivity contribution in [1.29, 1.82) is 0 Å². The van der Waals surface area contributed by atoms with Gasteiger partial charge in [0.15, 0.2) is 0 Å². The summed E-state index contributed by atoms with van der Waals surface area (Å²) < 4.78 is 0. The molecule has 0 radical (unpaired) electrons. The number of benzene rings is 1. The highest BCUT2D eigenvalue weighted by atomic mass is 16.4. The van der Waals surface area contributed by atoms with E-state index in [9.17, 15) is 9.90 Å². The summed E-state index contributed by atoms with van der Waals surface area (Å²) >= 11 is 0. The van der Waals surface area contributed by atoms with Gasteiger partial charge in [0.25, 0.3) is 0 Å². The van der Waals surface area contributed by atoms with Gasteiger partial charge in [-0.25, -0.2) is 0 Å². The number of hydrogen-bond donors (Lipinski definition) is 2. The lowest BCUT2D eigenvalue weighted by Gasteiger charge is -2.36. The van der Waals surface area contributed by atoms with E-state index in [1.165, 1.54) is 5.56 Å². The largest absolute Gasteiger partial charge is 0.481 e. The zero-order valence-corrected chi connectivity index (χ0v) is 12.2. The van der Waals surface area contributed by atoms with Crippen LogP contribution in [0.3, 0.4) is 0 Å². The van der Waals surface area contributed by atoms with Crippen molar-refractivity contribution in [3.8, 4) is 0 Å². The molecule has 4 nitrogen and oxygen atoms in total. The fourth-order valence-electron chi connectivity index (χ4n) is 4.40. The molecule has 4 heteroatoms. The quantitative estimate of drug-likeness (QED) is 0.840. The summed E-state index contributed by atoms with van der Waals surface area (Å²) in [6.07, 6.45) is 4.29. The van der Waals surface area contributed by atoms with Gasteiger partial charge in [-0.3, -0.25) is 9.69 Å². The highest BCUT2D eigenvalue weighted by Crippen LogP contribution is 2.51. The molecule has 2 aliphatic heterocycles. The van der Waals surface area contributed by atoms with Crippen LogP contribution in [0, 0.1) is 5.41 Å². The number of hydrogen-bond acceptors (Lipinski definition) is 3. The van der Waals surface area contributed by atoms with Crippen molar-refractivity contribution in [2.24, 2.45) is 5.41 Å². The van der Waals surface area contributed by atoms with Crippen LogP contribution in [0.15, 0.2) is 30.3 Å². The molecule has 1 aromatic rings. The molecule has 0 aromatic heterocycles. The third-order valence-electron chi connectivity index (χ3n) is 5.29. The van der Waals surface area contributed by atoms with Gasteiger partial charge in [0.05, 0.1) is 13.0 Å². The number of carbonyl (C=O) groups is 1. The second kappa shape index (κ2) is 5.78. The molecular weight excluding hydrogens is 266 g/mol. The molecule has 2 heterocycles. The summed E-state index contributed by atoms with van der Waals surface area (Å²) in [4.78, 5) is 13.2. The van der Waals surface area contributed by atoms with Gasteiger partial charge in [-0.05, 0) is 31.2 Å². The lowest BCUT2D eigenvalue weighted by Crippen LogP contribution is -2.42. The molecule has 21 heavy (non-hydrogen) atoms. The summed E-state index contributed by atoms with van der Waals surface area (Å²) in [5.41, 5.74) is 1.17. The summed E-state index contributed by atoms with van der Waals surface area (Å²) in [6.45, 7) is 0.799. The minimum absolute atomic E-state index is 0.0945.